The van der Waals surface area contributed by atoms with E-state index in [0.717, 1.165) is 16.0 Å². The van der Waals surface area contributed by atoms with Gasteiger partial charge in [0, 0.05) is 6.54 Å². The van der Waals surface area contributed by atoms with Gasteiger partial charge in [0.05, 0.1) is 11.1 Å². The van der Waals surface area contributed by atoms with Crippen molar-refractivity contribution in [2.45, 2.75) is 19.8 Å². The number of nitrogens with zero attached hydrogens (tertiary/aromatic N) is 1. The summed E-state index contributed by atoms with van der Waals surface area (Å²) in [5.41, 5.74) is 2.76. The smallest absolute Gasteiger partial charge is 0.262 e. The number of imide groups is 1. The van der Waals surface area contributed by atoms with Gasteiger partial charge in [0.1, 0.15) is 6.54 Å². The van der Waals surface area contributed by atoms with Crippen LogP contribution in [0.4, 0.5) is 0 Å². The van der Waals surface area contributed by atoms with Crippen LogP contribution >= 0.6 is 0 Å². The van der Waals surface area contributed by atoms with Crippen molar-refractivity contribution >= 4 is 17.7 Å². The summed E-state index contributed by atoms with van der Waals surface area (Å²) in [6.45, 7) is 4.07. The Kier molecular flexibility index (Phi) is 4.65. The third-order valence-electron chi connectivity index (χ3n) is 4.40. The van der Waals surface area contributed by atoms with Gasteiger partial charge in [0.15, 0.2) is 0 Å². The summed E-state index contributed by atoms with van der Waals surface area (Å²) >= 11 is 0. The van der Waals surface area contributed by atoms with Crippen molar-refractivity contribution in [1.29, 1.82) is 0 Å². The van der Waals surface area contributed by atoms with Crippen molar-refractivity contribution < 1.29 is 14.4 Å². The third-order valence-corrected chi connectivity index (χ3v) is 4.40. The van der Waals surface area contributed by atoms with Crippen molar-refractivity contribution in [2.24, 2.45) is 0 Å². The molecule has 0 aromatic heterocycles. The van der Waals surface area contributed by atoms with E-state index in [2.05, 4.69) is 5.32 Å². The first kappa shape index (κ1) is 16.9. The fourth-order valence-corrected chi connectivity index (χ4v) is 2.91. The molecule has 1 aliphatic heterocycles. The van der Waals surface area contributed by atoms with E-state index < -0.39 is 11.8 Å². The van der Waals surface area contributed by atoms with E-state index in [1.54, 1.807) is 18.2 Å². The van der Waals surface area contributed by atoms with Crippen molar-refractivity contribution in [3.05, 3.63) is 70.8 Å². The number of carbonyl (C=O) groups excluding carboxylic acids is 3. The molecule has 5 heteroatoms. The van der Waals surface area contributed by atoms with Crippen LogP contribution in [0, 0.1) is 6.92 Å². The second-order valence-corrected chi connectivity index (χ2v) is 6.36. The van der Waals surface area contributed by atoms with Crippen molar-refractivity contribution in [2.75, 3.05) is 13.1 Å². The van der Waals surface area contributed by atoms with Crippen LogP contribution in [-0.2, 0) is 4.79 Å². The Morgan fingerprint density at radius 3 is 2.44 bits per heavy atom. The Hall–Kier alpha value is -2.95. The summed E-state index contributed by atoms with van der Waals surface area (Å²) in [6.07, 6.45) is 0. The second-order valence-electron chi connectivity index (χ2n) is 6.36. The molecule has 0 saturated heterocycles. The molecule has 0 bridgehead atoms. The number of rotatable bonds is 5. The zero-order valence-electron chi connectivity index (χ0n) is 14.3. The molecule has 25 heavy (non-hydrogen) atoms. The Balaban J connectivity index is 1.60. The first-order valence-corrected chi connectivity index (χ1v) is 8.26. The van der Waals surface area contributed by atoms with Gasteiger partial charge in [-0.3, -0.25) is 19.3 Å². The van der Waals surface area contributed by atoms with E-state index >= 15 is 0 Å². The van der Waals surface area contributed by atoms with E-state index in [0.29, 0.717) is 17.7 Å². The van der Waals surface area contributed by atoms with Crippen molar-refractivity contribution in [3.63, 3.8) is 0 Å². The Morgan fingerprint density at radius 1 is 1.04 bits per heavy atom. The molecule has 5 nitrogen and oxygen atoms in total. The number of hydrogen-bond donors (Lipinski definition) is 1. The molecule has 0 spiro atoms. The maximum absolute atomic E-state index is 12.4. The summed E-state index contributed by atoms with van der Waals surface area (Å²) in [7, 11) is 0. The van der Waals surface area contributed by atoms with Crippen LogP contribution in [0.15, 0.2) is 48.5 Å². The van der Waals surface area contributed by atoms with Gasteiger partial charge in [0.2, 0.25) is 5.91 Å². The van der Waals surface area contributed by atoms with Gasteiger partial charge in [-0.05, 0) is 30.5 Å². The number of benzene rings is 2. The lowest BCUT2D eigenvalue weighted by atomic mass is 10.0. The fraction of sp³-hybridized carbons (Fsp3) is 0.250. The van der Waals surface area contributed by atoms with E-state index in [1.807, 2.05) is 44.2 Å². The van der Waals surface area contributed by atoms with E-state index in [1.165, 1.54) is 0 Å². The minimum atomic E-state index is -0.411. The lowest BCUT2D eigenvalue weighted by Gasteiger charge is -2.16. The van der Waals surface area contributed by atoms with Crippen LogP contribution < -0.4 is 5.32 Å². The topological polar surface area (TPSA) is 66.5 Å². The van der Waals surface area contributed by atoms with E-state index in [9.17, 15) is 14.4 Å². The van der Waals surface area contributed by atoms with Gasteiger partial charge in [-0.2, -0.15) is 0 Å². The molecule has 0 saturated carbocycles. The number of nitrogens with one attached hydrogen (secondary N) is 1. The van der Waals surface area contributed by atoms with Gasteiger partial charge in [-0.15, -0.1) is 0 Å². The van der Waals surface area contributed by atoms with Gasteiger partial charge in [0.25, 0.3) is 11.8 Å². The highest BCUT2D eigenvalue weighted by molar-refractivity contribution is 6.22. The van der Waals surface area contributed by atoms with Crippen molar-refractivity contribution in [3.8, 4) is 0 Å². The number of carbonyl (C=O) groups is 3. The predicted octanol–water partition coefficient (Wildman–Crippen LogP) is 2.51. The van der Waals surface area contributed by atoms with E-state index in [-0.39, 0.29) is 18.4 Å². The normalized spacial score (nSPS) is 14.4. The number of hydrogen-bond acceptors (Lipinski definition) is 3. The van der Waals surface area contributed by atoms with Crippen LogP contribution in [0.5, 0.6) is 0 Å². The lowest BCUT2D eigenvalue weighted by molar-refractivity contribution is -0.121. The molecule has 3 amide bonds. The molecule has 1 unspecified atom stereocenters. The zero-order valence-corrected chi connectivity index (χ0v) is 14.3. The van der Waals surface area contributed by atoms with Gasteiger partial charge < -0.3 is 5.32 Å². The highest BCUT2D eigenvalue weighted by Gasteiger charge is 2.36. The standard InChI is InChI=1S/C20H20N2O3/c1-13-8-9-16-17(10-13)20(25)22(19(16)24)12-18(23)21-11-14(2)15-6-4-3-5-7-15/h3-10,14H,11-12H2,1-2H3,(H,21,23). The van der Waals surface area contributed by atoms with E-state index in [4.69, 9.17) is 0 Å². The maximum atomic E-state index is 12.4. The fourth-order valence-electron chi connectivity index (χ4n) is 2.91. The third kappa shape index (κ3) is 3.45. The quantitative estimate of drug-likeness (QED) is 0.853. The minimum absolute atomic E-state index is 0.148. The molecule has 1 aliphatic rings. The number of fused-ring (bicyclic) bond motifs is 1. The van der Waals surface area contributed by atoms with Crippen LogP contribution in [0.2, 0.25) is 0 Å². The molecule has 128 valence electrons. The monoisotopic (exact) mass is 336 g/mol. The molecule has 0 fully saturated rings. The SMILES string of the molecule is Cc1ccc2c(c1)C(=O)N(CC(=O)NCC(C)c1ccccc1)C2=O. The maximum Gasteiger partial charge on any atom is 0.262 e. The largest absolute Gasteiger partial charge is 0.354 e. The van der Waals surface area contributed by atoms with Crippen LogP contribution in [0.1, 0.15) is 44.7 Å². The first-order chi connectivity index (χ1) is 12.0. The molecule has 0 radical (unpaired) electrons. The average Bonchev–Trinajstić information content (AvgIpc) is 2.85. The number of amides is 3. The molecule has 2 aromatic rings. The molecule has 1 N–H and O–H groups in total. The Bertz CT molecular complexity index is 830. The molecule has 1 heterocycles. The molecule has 0 aliphatic carbocycles. The van der Waals surface area contributed by atoms with Gasteiger partial charge in [-0.1, -0.05) is 48.9 Å². The predicted molar refractivity (Wildman–Crippen MR) is 94.4 cm³/mol. The Labute approximate surface area is 146 Å². The summed E-state index contributed by atoms with van der Waals surface area (Å²) in [4.78, 5) is 37.9. The van der Waals surface area contributed by atoms with Gasteiger partial charge >= 0.3 is 0 Å². The second kappa shape index (κ2) is 6.89. The lowest BCUT2D eigenvalue weighted by Crippen LogP contribution is -2.41. The van der Waals surface area contributed by atoms with Gasteiger partial charge in [-0.25, -0.2) is 0 Å². The van der Waals surface area contributed by atoms with Crippen molar-refractivity contribution in [1.82, 2.24) is 10.2 Å². The summed E-state index contributed by atoms with van der Waals surface area (Å²) in [5.74, 6) is -1.01. The van der Waals surface area contributed by atoms with Crippen LogP contribution in [0.25, 0.3) is 0 Å². The average molecular weight is 336 g/mol. The Morgan fingerprint density at radius 2 is 1.72 bits per heavy atom. The number of aryl methyl sites for hydroxylation is 1. The molecule has 1 atom stereocenters. The van der Waals surface area contributed by atoms with Crippen LogP contribution in [-0.4, -0.2) is 35.7 Å². The molecular weight excluding hydrogens is 316 g/mol. The highest BCUT2D eigenvalue weighted by Crippen LogP contribution is 2.23. The molecular formula is C20H20N2O3. The molecule has 3 rings (SSSR count). The summed E-state index contributed by atoms with van der Waals surface area (Å²) in [6, 6.07) is 15.0. The summed E-state index contributed by atoms with van der Waals surface area (Å²) < 4.78 is 0. The van der Waals surface area contributed by atoms with Crippen LogP contribution in [0.3, 0.4) is 0 Å². The summed E-state index contributed by atoms with van der Waals surface area (Å²) in [5, 5.41) is 2.80. The minimum Gasteiger partial charge on any atom is -0.354 e. The first-order valence-electron chi connectivity index (χ1n) is 8.26. The highest BCUT2D eigenvalue weighted by atomic mass is 16.2. The zero-order chi connectivity index (χ0) is 18.0. The molecule has 2 aromatic carbocycles.